The van der Waals surface area contributed by atoms with E-state index in [1.807, 2.05) is 13.8 Å². The Labute approximate surface area is 144 Å². The molecule has 0 saturated heterocycles. The van der Waals surface area contributed by atoms with E-state index in [2.05, 4.69) is 10.4 Å². The van der Waals surface area contributed by atoms with E-state index in [0.29, 0.717) is 17.8 Å². The van der Waals surface area contributed by atoms with Gasteiger partial charge in [-0.25, -0.2) is 0 Å². The summed E-state index contributed by atoms with van der Waals surface area (Å²) in [5.41, 5.74) is 2.31. The summed E-state index contributed by atoms with van der Waals surface area (Å²) in [5, 5.41) is 7.07. The van der Waals surface area contributed by atoms with Crippen molar-refractivity contribution in [2.45, 2.75) is 26.6 Å². The van der Waals surface area contributed by atoms with Crippen LogP contribution in [0.25, 0.3) is 0 Å². The maximum Gasteiger partial charge on any atom is 0.416 e. The number of nitrogens with one attached hydrogen (secondary N) is 1. The van der Waals surface area contributed by atoms with Gasteiger partial charge in [0.05, 0.1) is 29.2 Å². The second-order valence-electron chi connectivity index (χ2n) is 6.08. The van der Waals surface area contributed by atoms with Crippen LogP contribution < -0.4 is 5.32 Å². The summed E-state index contributed by atoms with van der Waals surface area (Å²) in [6, 6.07) is 4.94. The standard InChI is InChI=1S/C17H21F3N4O/c1-11-16(12(2)24(4)22-11)21-15(25)10-23(3)9-13-5-7-14(8-6-13)17(18,19)20/h5-8H,9-10H2,1-4H3,(H,21,25). The Morgan fingerprint density at radius 2 is 1.84 bits per heavy atom. The number of hydrogen-bond acceptors (Lipinski definition) is 3. The molecule has 25 heavy (non-hydrogen) atoms. The van der Waals surface area contributed by atoms with E-state index in [0.717, 1.165) is 23.5 Å². The normalized spacial score (nSPS) is 11.8. The number of likely N-dealkylation sites (N-methyl/N-ethyl adjacent to an activating group) is 1. The Balaban J connectivity index is 1.93. The molecule has 136 valence electrons. The summed E-state index contributed by atoms with van der Waals surface area (Å²) in [7, 11) is 3.54. The number of benzene rings is 1. The molecule has 1 heterocycles. The van der Waals surface area contributed by atoms with Crippen LogP contribution in [-0.4, -0.2) is 34.2 Å². The van der Waals surface area contributed by atoms with Gasteiger partial charge in [0.15, 0.2) is 0 Å². The topological polar surface area (TPSA) is 50.2 Å². The van der Waals surface area contributed by atoms with Gasteiger partial charge in [-0.3, -0.25) is 14.4 Å². The molecule has 2 aromatic rings. The number of alkyl halides is 3. The molecule has 8 heteroatoms. The van der Waals surface area contributed by atoms with Crippen LogP contribution >= 0.6 is 0 Å². The van der Waals surface area contributed by atoms with Crippen LogP contribution in [-0.2, 0) is 24.6 Å². The summed E-state index contributed by atoms with van der Waals surface area (Å²) in [6.07, 6.45) is -4.34. The lowest BCUT2D eigenvalue weighted by Crippen LogP contribution is -2.30. The first-order valence-corrected chi connectivity index (χ1v) is 7.72. The number of amides is 1. The third kappa shape index (κ3) is 4.82. The molecule has 0 radical (unpaired) electrons. The minimum atomic E-state index is -4.34. The van der Waals surface area contributed by atoms with E-state index in [1.165, 1.54) is 12.1 Å². The summed E-state index contributed by atoms with van der Waals surface area (Å²) in [4.78, 5) is 13.9. The second-order valence-corrected chi connectivity index (χ2v) is 6.08. The molecule has 0 fully saturated rings. The molecule has 1 amide bonds. The Morgan fingerprint density at radius 1 is 1.24 bits per heavy atom. The Morgan fingerprint density at radius 3 is 2.32 bits per heavy atom. The van der Waals surface area contributed by atoms with Crippen molar-refractivity contribution in [3.05, 3.63) is 46.8 Å². The number of anilines is 1. The lowest BCUT2D eigenvalue weighted by molar-refractivity contribution is -0.137. The molecule has 0 unspecified atom stereocenters. The van der Waals surface area contributed by atoms with E-state index >= 15 is 0 Å². The highest BCUT2D eigenvalue weighted by atomic mass is 19.4. The molecule has 0 spiro atoms. The smallest absolute Gasteiger partial charge is 0.322 e. The van der Waals surface area contributed by atoms with Crippen LogP contribution in [0.2, 0.25) is 0 Å². The van der Waals surface area contributed by atoms with Gasteiger partial charge in [-0.15, -0.1) is 0 Å². The van der Waals surface area contributed by atoms with Crippen molar-refractivity contribution in [1.82, 2.24) is 14.7 Å². The first kappa shape index (κ1) is 19.0. The molecular weight excluding hydrogens is 333 g/mol. The molecule has 1 aromatic carbocycles. The second kappa shape index (κ2) is 7.26. The minimum Gasteiger partial charge on any atom is -0.322 e. The molecule has 1 N–H and O–H groups in total. The van der Waals surface area contributed by atoms with Crippen LogP contribution in [0.4, 0.5) is 18.9 Å². The van der Waals surface area contributed by atoms with Crippen molar-refractivity contribution in [3.63, 3.8) is 0 Å². The summed E-state index contributed by atoms with van der Waals surface area (Å²) in [6.45, 7) is 4.17. The molecule has 0 bridgehead atoms. The summed E-state index contributed by atoms with van der Waals surface area (Å²) >= 11 is 0. The monoisotopic (exact) mass is 354 g/mol. The number of halogens is 3. The van der Waals surface area contributed by atoms with Gasteiger partial charge in [-0.1, -0.05) is 12.1 Å². The number of rotatable bonds is 5. The zero-order valence-corrected chi connectivity index (χ0v) is 14.6. The molecular formula is C17H21F3N4O. The van der Waals surface area contributed by atoms with Crippen LogP contribution in [0.3, 0.4) is 0 Å². The molecule has 0 aliphatic carbocycles. The first-order valence-electron chi connectivity index (χ1n) is 7.72. The van der Waals surface area contributed by atoms with Crippen molar-refractivity contribution in [1.29, 1.82) is 0 Å². The SMILES string of the molecule is Cc1nn(C)c(C)c1NC(=O)CN(C)Cc1ccc(C(F)(F)F)cc1. The van der Waals surface area contributed by atoms with Crippen LogP contribution in [0.15, 0.2) is 24.3 Å². The number of aromatic nitrogens is 2. The van der Waals surface area contributed by atoms with Gasteiger partial charge in [-0.05, 0) is 38.6 Å². The van der Waals surface area contributed by atoms with Crippen molar-refractivity contribution in [3.8, 4) is 0 Å². The fraction of sp³-hybridized carbons (Fsp3) is 0.412. The Bertz CT molecular complexity index is 750. The first-order chi connectivity index (χ1) is 11.6. The number of nitrogens with zero attached hydrogens (tertiary/aromatic N) is 3. The number of carbonyl (C=O) groups is 1. The van der Waals surface area contributed by atoms with Crippen LogP contribution in [0, 0.1) is 13.8 Å². The van der Waals surface area contributed by atoms with Gasteiger partial charge in [-0.2, -0.15) is 18.3 Å². The molecule has 0 saturated carbocycles. The van der Waals surface area contributed by atoms with Gasteiger partial charge in [0.2, 0.25) is 5.91 Å². The molecule has 5 nitrogen and oxygen atoms in total. The minimum absolute atomic E-state index is 0.120. The van der Waals surface area contributed by atoms with Crippen LogP contribution in [0.5, 0.6) is 0 Å². The van der Waals surface area contributed by atoms with Crippen molar-refractivity contribution in [2.24, 2.45) is 7.05 Å². The lowest BCUT2D eigenvalue weighted by atomic mass is 10.1. The Kier molecular flexibility index (Phi) is 5.52. The van der Waals surface area contributed by atoms with Crippen molar-refractivity contribution < 1.29 is 18.0 Å². The van der Waals surface area contributed by atoms with Gasteiger partial charge in [0, 0.05) is 13.6 Å². The average Bonchev–Trinajstić information content (AvgIpc) is 2.73. The molecule has 0 atom stereocenters. The quantitative estimate of drug-likeness (QED) is 0.898. The van der Waals surface area contributed by atoms with E-state index in [4.69, 9.17) is 0 Å². The van der Waals surface area contributed by atoms with Gasteiger partial charge < -0.3 is 5.32 Å². The highest BCUT2D eigenvalue weighted by Crippen LogP contribution is 2.29. The van der Waals surface area contributed by atoms with Gasteiger partial charge in [0.1, 0.15) is 0 Å². The highest BCUT2D eigenvalue weighted by Gasteiger charge is 2.29. The predicted molar refractivity (Wildman–Crippen MR) is 89.1 cm³/mol. The van der Waals surface area contributed by atoms with Gasteiger partial charge >= 0.3 is 6.18 Å². The van der Waals surface area contributed by atoms with Crippen molar-refractivity contribution in [2.75, 3.05) is 18.9 Å². The maximum atomic E-state index is 12.6. The molecule has 1 aromatic heterocycles. The molecule has 2 rings (SSSR count). The number of carbonyl (C=O) groups excluding carboxylic acids is 1. The summed E-state index contributed by atoms with van der Waals surface area (Å²) in [5.74, 6) is -0.200. The zero-order valence-electron chi connectivity index (χ0n) is 14.6. The largest absolute Gasteiger partial charge is 0.416 e. The van der Waals surface area contributed by atoms with Crippen molar-refractivity contribution >= 4 is 11.6 Å². The highest BCUT2D eigenvalue weighted by molar-refractivity contribution is 5.93. The molecule has 0 aliphatic heterocycles. The average molecular weight is 354 g/mol. The fourth-order valence-corrected chi connectivity index (χ4v) is 2.55. The van der Waals surface area contributed by atoms with E-state index < -0.39 is 11.7 Å². The summed E-state index contributed by atoms with van der Waals surface area (Å²) < 4.78 is 39.4. The number of aryl methyl sites for hydroxylation is 2. The van der Waals surface area contributed by atoms with E-state index in [-0.39, 0.29) is 12.5 Å². The van der Waals surface area contributed by atoms with E-state index in [9.17, 15) is 18.0 Å². The van der Waals surface area contributed by atoms with Crippen LogP contribution in [0.1, 0.15) is 22.5 Å². The third-order valence-corrected chi connectivity index (χ3v) is 3.92. The maximum absolute atomic E-state index is 12.6. The lowest BCUT2D eigenvalue weighted by Gasteiger charge is -2.17. The van der Waals surface area contributed by atoms with E-state index in [1.54, 1.807) is 23.7 Å². The Hall–Kier alpha value is -2.35. The number of hydrogen-bond donors (Lipinski definition) is 1. The predicted octanol–water partition coefficient (Wildman–Crippen LogP) is 3.13. The zero-order chi connectivity index (χ0) is 18.8. The molecule has 0 aliphatic rings. The fourth-order valence-electron chi connectivity index (χ4n) is 2.55. The third-order valence-electron chi connectivity index (χ3n) is 3.92. The van der Waals surface area contributed by atoms with Gasteiger partial charge in [0.25, 0.3) is 0 Å².